The molecule has 0 heterocycles. The maximum Gasteiger partial charge on any atom is 0.230 e. The van der Waals surface area contributed by atoms with E-state index in [1.807, 2.05) is 0 Å². The molecule has 0 aromatic heterocycles. The fourth-order valence-electron chi connectivity index (χ4n) is 0.850. The van der Waals surface area contributed by atoms with E-state index in [9.17, 15) is 9.18 Å². The van der Waals surface area contributed by atoms with Gasteiger partial charge in [0.05, 0.1) is 5.33 Å². The molecule has 0 aliphatic heterocycles. The molecule has 0 unspecified atom stereocenters. The molecule has 0 aliphatic rings. The van der Waals surface area contributed by atoms with E-state index in [4.69, 9.17) is 0 Å². The second kappa shape index (κ2) is 4.97. The lowest BCUT2D eigenvalue weighted by molar-refractivity contribution is -0.118. The second-order valence-corrected chi connectivity index (χ2v) is 3.10. The summed E-state index contributed by atoms with van der Waals surface area (Å²) in [5.74, 6) is -0.347. The number of carbonyl (C=O) groups excluding carboxylic acids is 1. The van der Waals surface area contributed by atoms with E-state index in [1.165, 1.54) is 12.1 Å². The first kappa shape index (κ1) is 10.2. The molecule has 0 atom stereocenters. The Morgan fingerprint density at radius 3 is 2.54 bits per heavy atom. The molecule has 2 nitrogen and oxygen atoms in total. The van der Waals surface area contributed by atoms with Gasteiger partial charge < -0.3 is 5.32 Å². The molecule has 1 N–H and O–H groups in total. The summed E-state index contributed by atoms with van der Waals surface area (Å²) in [5.41, 5.74) is 0.885. The molecule has 0 fully saturated rings. The molecule has 70 valence electrons. The highest BCUT2D eigenvalue weighted by molar-refractivity contribution is 9.09. The van der Waals surface area contributed by atoms with Crippen LogP contribution in [0.1, 0.15) is 5.56 Å². The van der Waals surface area contributed by atoms with Crippen LogP contribution in [-0.2, 0) is 11.3 Å². The molecule has 4 heteroatoms. The minimum absolute atomic E-state index is 0.0793. The predicted octanol–water partition coefficient (Wildman–Crippen LogP) is 1.84. The van der Waals surface area contributed by atoms with Gasteiger partial charge in [0.2, 0.25) is 5.91 Å². The molecule has 1 aromatic carbocycles. The molecular weight excluding hydrogens is 237 g/mol. The number of hydrogen-bond donors (Lipinski definition) is 1. The molecule has 0 radical (unpaired) electrons. The largest absolute Gasteiger partial charge is 0.351 e. The van der Waals surface area contributed by atoms with Gasteiger partial charge in [-0.25, -0.2) is 4.39 Å². The van der Waals surface area contributed by atoms with E-state index < -0.39 is 0 Å². The van der Waals surface area contributed by atoms with Crippen LogP contribution in [0.2, 0.25) is 0 Å². The molecule has 0 aliphatic carbocycles. The molecule has 1 aromatic rings. The Kier molecular flexibility index (Phi) is 3.89. The highest BCUT2D eigenvalue weighted by Crippen LogP contribution is 2.01. The van der Waals surface area contributed by atoms with Gasteiger partial charge in [0.15, 0.2) is 0 Å². The summed E-state index contributed by atoms with van der Waals surface area (Å²) in [6.07, 6.45) is 0. The summed E-state index contributed by atoms with van der Waals surface area (Å²) in [6.45, 7) is 0.435. The molecule has 13 heavy (non-hydrogen) atoms. The zero-order valence-corrected chi connectivity index (χ0v) is 8.47. The van der Waals surface area contributed by atoms with Crippen molar-refractivity contribution in [3.8, 4) is 0 Å². The normalized spacial score (nSPS) is 9.69. The quantitative estimate of drug-likeness (QED) is 0.810. The molecule has 1 rings (SSSR count). The monoisotopic (exact) mass is 245 g/mol. The Morgan fingerprint density at radius 1 is 1.38 bits per heavy atom. The summed E-state index contributed by atoms with van der Waals surface area (Å²) in [6, 6.07) is 6.03. The summed E-state index contributed by atoms with van der Waals surface area (Å²) in [4.78, 5) is 10.8. The fraction of sp³-hybridized carbons (Fsp3) is 0.222. The molecule has 0 saturated carbocycles. The lowest BCUT2D eigenvalue weighted by Crippen LogP contribution is -2.23. The molecule has 1 amide bonds. The third-order valence-electron chi connectivity index (χ3n) is 1.52. The predicted molar refractivity (Wildman–Crippen MR) is 52.0 cm³/mol. The maximum absolute atomic E-state index is 12.5. The van der Waals surface area contributed by atoms with Crippen molar-refractivity contribution in [1.29, 1.82) is 0 Å². The van der Waals surface area contributed by atoms with Gasteiger partial charge in [-0.3, -0.25) is 4.79 Å². The van der Waals surface area contributed by atoms with Gasteiger partial charge in [-0.2, -0.15) is 0 Å². The first-order valence-electron chi connectivity index (χ1n) is 3.79. The minimum atomic E-state index is -0.268. The van der Waals surface area contributed by atoms with Crippen LogP contribution < -0.4 is 5.32 Å². The Hall–Kier alpha value is -0.900. The SMILES string of the molecule is O=C(CBr)NCc1ccc(F)cc1. The van der Waals surface area contributed by atoms with Crippen LogP contribution in [-0.4, -0.2) is 11.2 Å². The van der Waals surface area contributed by atoms with Crippen LogP contribution in [0.25, 0.3) is 0 Å². The summed E-state index contributed by atoms with van der Waals surface area (Å²) >= 11 is 3.03. The smallest absolute Gasteiger partial charge is 0.230 e. The van der Waals surface area contributed by atoms with Crippen LogP contribution in [0.5, 0.6) is 0 Å². The van der Waals surface area contributed by atoms with E-state index in [0.29, 0.717) is 6.54 Å². The number of nitrogens with one attached hydrogen (secondary N) is 1. The van der Waals surface area contributed by atoms with Crippen molar-refractivity contribution in [3.63, 3.8) is 0 Å². The topological polar surface area (TPSA) is 29.1 Å². The summed E-state index contributed by atoms with van der Waals surface area (Å²) in [7, 11) is 0. The third kappa shape index (κ3) is 3.55. The number of alkyl halides is 1. The molecule has 0 bridgehead atoms. The number of carbonyl (C=O) groups is 1. The molecule has 0 saturated heterocycles. The van der Waals surface area contributed by atoms with E-state index in [0.717, 1.165) is 5.56 Å². The van der Waals surface area contributed by atoms with Gasteiger partial charge >= 0.3 is 0 Å². The highest BCUT2D eigenvalue weighted by atomic mass is 79.9. The van der Waals surface area contributed by atoms with Gasteiger partial charge in [0.1, 0.15) is 5.82 Å². The molecular formula is C9H9BrFNO. The van der Waals surface area contributed by atoms with E-state index >= 15 is 0 Å². The van der Waals surface area contributed by atoms with Gasteiger partial charge in [-0.1, -0.05) is 28.1 Å². The fourth-order valence-corrected chi connectivity index (χ4v) is 1.05. The Bertz CT molecular complexity index is 286. The average Bonchev–Trinajstić information content (AvgIpc) is 2.16. The first-order valence-corrected chi connectivity index (χ1v) is 4.91. The number of rotatable bonds is 3. The van der Waals surface area contributed by atoms with Gasteiger partial charge in [-0.15, -0.1) is 0 Å². The standard InChI is InChI=1S/C9H9BrFNO/c10-5-9(13)12-6-7-1-3-8(11)4-2-7/h1-4H,5-6H2,(H,12,13). The third-order valence-corrected chi connectivity index (χ3v) is 2.03. The van der Waals surface area contributed by atoms with Crippen LogP contribution in [0.15, 0.2) is 24.3 Å². The second-order valence-electron chi connectivity index (χ2n) is 2.54. The zero-order valence-electron chi connectivity index (χ0n) is 6.89. The number of amides is 1. The zero-order chi connectivity index (χ0) is 9.68. The van der Waals surface area contributed by atoms with E-state index in [1.54, 1.807) is 12.1 Å². The minimum Gasteiger partial charge on any atom is -0.351 e. The van der Waals surface area contributed by atoms with Crippen molar-refractivity contribution in [3.05, 3.63) is 35.6 Å². The molecule has 0 spiro atoms. The average molecular weight is 246 g/mol. The van der Waals surface area contributed by atoms with Crippen LogP contribution in [0, 0.1) is 5.82 Å². The summed E-state index contributed by atoms with van der Waals surface area (Å²) < 4.78 is 12.5. The van der Waals surface area contributed by atoms with E-state index in [-0.39, 0.29) is 17.1 Å². The van der Waals surface area contributed by atoms with Crippen molar-refractivity contribution in [1.82, 2.24) is 5.32 Å². The Morgan fingerprint density at radius 2 is 2.00 bits per heavy atom. The highest BCUT2D eigenvalue weighted by Gasteiger charge is 1.97. The van der Waals surface area contributed by atoms with Crippen LogP contribution >= 0.6 is 15.9 Å². The van der Waals surface area contributed by atoms with Crippen molar-refractivity contribution < 1.29 is 9.18 Å². The lowest BCUT2D eigenvalue weighted by Gasteiger charge is -2.02. The first-order chi connectivity index (χ1) is 6.22. The Labute approximate surface area is 84.3 Å². The van der Waals surface area contributed by atoms with Crippen LogP contribution in [0.3, 0.4) is 0 Å². The van der Waals surface area contributed by atoms with Crippen LogP contribution in [0.4, 0.5) is 4.39 Å². The Balaban J connectivity index is 2.46. The van der Waals surface area contributed by atoms with Gasteiger partial charge in [-0.05, 0) is 17.7 Å². The van der Waals surface area contributed by atoms with Crippen molar-refractivity contribution in [2.75, 3.05) is 5.33 Å². The van der Waals surface area contributed by atoms with Gasteiger partial charge in [0, 0.05) is 6.54 Å². The summed E-state index contributed by atoms with van der Waals surface area (Å²) in [5, 5.41) is 2.95. The number of halogens is 2. The number of benzene rings is 1. The van der Waals surface area contributed by atoms with Crippen molar-refractivity contribution in [2.45, 2.75) is 6.54 Å². The van der Waals surface area contributed by atoms with Crippen molar-refractivity contribution >= 4 is 21.8 Å². The lowest BCUT2D eigenvalue weighted by atomic mass is 10.2. The van der Waals surface area contributed by atoms with Gasteiger partial charge in [0.25, 0.3) is 0 Å². The van der Waals surface area contributed by atoms with Crippen molar-refractivity contribution in [2.24, 2.45) is 0 Å². The maximum atomic E-state index is 12.5. The van der Waals surface area contributed by atoms with E-state index in [2.05, 4.69) is 21.2 Å². The number of hydrogen-bond acceptors (Lipinski definition) is 1.